The summed E-state index contributed by atoms with van der Waals surface area (Å²) in [6.07, 6.45) is 0. The molecule has 0 aliphatic heterocycles. The van der Waals surface area contributed by atoms with E-state index in [2.05, 4.69) is 5.32 Å². The Morgan fingerprint density at radius 2 is 2.00 bits per heavy atom. The topological polar surface area (TPSA) is 49.3 Å². The zero-order valence-electron chi connectivity index (χ0n) is 7.21. The number of rotatable bonds is 4. The molecule has 1 atom stereocenters. The average molecular weight is 234 g/mol. The van der Waals surface area contributed by atoms with Crippen molar-refractivity contribution in [3.8, 4) is 0 Å². The third kappa shape index (κ3) is 3.09. The number of halogens is 2. The summed E-state index contributed by atoms with van der Waals surface area (Å²) < 4.78 is 0. The number of carbonyl (C=O) groups is 1. The van der Waals surface area contributed by atoms with Crippen LogP contribution in [-0.4, -0.2) is 23.0 Å². The maximum Gasteiger partial charge on any atom is 0.327 e. The van der Waals surface area contributed by atoms with Crippen LogP contribution in [0.15, 0.2) is 24.3 Å². The Labute approximate surface area is 91.6 Å². The predicted octanol–water partition coefficient (Wildman–Crippen LogP) is 2.44. The first-order valence-electron chi connectivity index (χ1n) is 3.94. The lowest BCUT2D eigenvalue weighted by molar-refractivity contribution is -0.137. The summed E-state index contributed by atoms with van der Waals surface area (Å²) in [4.78, 5) is 10.6. The van der Waals surface area contributed by atoms with Gasteiger partial charge in [0.25, 0.3) is 0 Å². The minimum atomic E-state index is -0.977. The molecule has 0 aromatic heterocycles. The molecule has 1 unspecified atom stereocenters. The van der Waals surface area contributed by atoms with Gasteiger partial charge in [0.1, 0.15) is 6.04 Å². The number of benzene rings is 1. The molecular formula is C9H9Cl2NO2. The van der Waals surface area contributed by atoms with Gasteiger partial charge in [-0.2, -0.15) is 0 Å². The van der Waals surface area contributed by atoms with Crippen LogP contribution in [-0.2, 0) is 4.79 Å². The fraction of sp³-hybridized carbons (Fsp3) is 0.222. The number of nitrogens with one attached hydrogen (secondary N) is 1. The number of hydrogen-bond donors (Lipinski definition) is 2. The zero-order chi connectivity index (χ0) is 10.6. The lowest BCUT2D eigenvalue weighted by Crippen LogP contribution is -2.30. The minimum Gasteiger partial charge on any atom is -0.480 e. The van der Waals surface area contributed by atoms with E-state index >= 15 is 0 Å². The second kappa shape index (κ2) is 5.08. The first-order valence-corrected chi connectivity index (χ1v) is 4.85. The van der Waals surface area contributed by atoms with Crippen molar-refractivity contribution in [1.29, 1.82) is 0 Å². The Kier molecular flexibility index (Phi) is 4.04. The zero-order valence-corrected chi connectivity index (χ0v) is 8.72. The molecule has 0 amide bonds. The second-order valence-electron chi connectivity index (χ2n) is 2.70. The smallest absolute Gasteiger partial charge is 0.327 e. The predicted molar refractivity (Wildman–Crippen MR) is 57.2 cm³/mol. The first-order chi connectivity index (χ1) is 6.63. The largest absolute Gasteiger partial charge is 0.480 e. The van der Waals surface area contributed by atoms with E-state index in [1.807, 2.05) is 0 Å². The number of carboxylic acid groups (broad SMARTS) is 1. The summed E-state index contributed by atoms with van der Waals surface area (Å²) >= 11 is 11.1. The molecule has 0 bridgehead atoms. The van der Waals surface area contributed by atoms with E-state index in [0.717, 1.165) is 0 Å². The highest BCUT2D eigenvalue weighted by molar-refractivity contribution is 6.30. The lowest BCUT2D eigenvalue weighted by atomic mass is 10.2. The van der Waals surface area contributed by atoms with Gasteiger partial charge in [0, 0.05) is 10.7 Å². The van der Waals surface area contributed by atoms with Crippen molar-refractivity contribution in [2.45, 2.75) is 6.04 Å². The van der Waals surface area contributed by atoms with Gasteiger partial charge in [-0.05, 0) is 24.3 Å². The van der Waals surface area contributed by atoms with Crippen LogP contribution in [0, 0.1) is 0 Å². The van der Waals surface area contributed by atoms with Crippen LogP contribution in [0.1, 0.15) is 0 Å². The lowest BCUT2D eigenvalue weighted by Gasteiger charge is -2.12. The van der Waals surface area contributed by atoms with Gasteiger partial charge < -0.3 is 10.4 Å². The Bertz CT molecular complexity index is 313. The van der Waals surface area contributed by atoms with E-state index < -0.39 is 12.0 Å². The van der Waals surface area contributed by atoms with Crippen LogP contribution in [0.5, 0.6) is 0 Å². The molecule has 0 fully saturated rings. The molecule has 3 nitrogen and oxygen atoms in total. The molecule has 1 aromatic carbocycles. The van der Waals surface area contributed by atoms with Crippen molar-refractivity contribution in [3.63, 3.8) is 0 Å². The van der Waals surface area contributed by atoms with Gasteiger partial charge in [-0.1, -0.05) is 11.6 Å². The van der Waals surface area contributed by atoms with Gasteiger partial charge in [0.05, 0.1) is 5.88 Å². The van der Waals surface area contributed by atoms with Crippen molar-refractivity contribution in [2.24, 2.45) is 0 Å². The molecule has 14 heavy (non-hydrogen) atoms. The maximum atomic E-state index is 10.6. The third-order valence-electron chi connectivity index (χ3n) is 1.64. The van der Waals surface area contributed by atoms with E-state index in [1.54, 1.807) is 24.3 Å². The summed E-state index contributed by atoms with van der Waals surface area (Å²) in [5, 5.41) is 12.1. The molecule has 0 saturated heterocycles. The van der Waals surface area contributed by atoms with E-state index in [4.69, 9.17) is 28.3 Å². The fourth-order valence-electron chi connectivity index (χ4n) is 0.914. The monoisotopic (exact) mass is 233 g/mol. The van der Waals surface area contributed by atoms with Crippen molar-refractivity contribution >= 4 is 34.9 Å². The molecule has 0 aliphatic carbocycles. The second-order valence-corrected chi connectivity index (χ2v) is 3.44. The summed E-state index contributed by atoms with van der Waals surface area (Å²) in [7, 11) is 0. The average Bonchev–Trinajstić information content (AvgIpc) is 2.16. The molecule has 1 aromatic rings. The molecule has 0 spiro atoms. The molecule has 0 heterocycles. The SMILES string of the molecule is O=C(O)C(CCl)Nc1ccc(Cl)cc1. The Balaban J connectivity index is 2.67. The highest BCUT2D eigenvalue weighted by Crippen LogP contribution is 2.14. The van der Waals surface area contributed by atoms with E-state index in [1.165, 1.54) is 0 Å². The van der Waals surface area contributed by atoms with Crippen LogP contribution in [0.4, 0.5) is 5.69 Å². The van der Waals surface area contributed by atoms with Crippen LogP contribution in [0.25, 0.3) is 0 Å². The quantitative estimate of drug-likeness (QED) is 0.786. The van der Waals surface area contributed by atoms with Gasteiger partial charge in [0.15, 0.2) is 0 Å². The highest BCUT2D eigenvalue weighted by atomic mass is 35.5. The van der Waals surface area contributed by atoms with Gasteiger partial charge >= 0.3 is 5.97 Å². The molecule has 1 rings (SSSR count). The van der Waals surface area contributed by atoms with Crippen LogP contribution in [0.3, 0.4) is 0 Å². The van der Waals surface area contributed by atoms with Crippen molar-refractivity contribution in [1.82, 2.24) is 0 Å². The number of hydrogen-bond acceptors (Lipinski definition) is 2. The molecule has 2 N–H and O–H groups in total. The van der Waals surface area contributed by atoms with Crippen molar-refractivity contribution < 1.29 is 9.90 Å². The summed E-state index contributed by atoms with van der Waals surface area (Å²) in [5.41, 5.74) is 0.683. The van der Waals surface area contributed by atoms with Gasteiger partial charge in [0.2, 0.25) is 0 Å². The Morgan fingerprint density at radius 3 is 2.43 bits per heavy atom. The number of aliphatic carboxylic acids is 1. The molecular weight excluding hydrogens is 225 g/mol. The number of anilines is 1. The Morgan fingerprint density at radius 1 is 1.43 bits per heavy atom. The van der Waals surface area contributed by atoms with Crippen LogP contribution in [0.2, 0.25) is 5.02 Å². The maximum absolute atomic E-state index is 10.6. The first kappa shape index (κ1) is 11.1. The van der Waals surface area contributed by atoms with Crippen molar-refractivity contribution in [2.75, 3.05) is 11.2 Å². The van der Waals surface area contributed by atoms with Crippen LogP contribution < -0.4 is 5.32 Å². The van der Waals surface area contributed by atoms with E-state index in [9.17, 15) is 4.79 Å². The summed E-state index contributed by atoms with van der Waals surface area (Å²) in [5.74, 6) is -0.965. The summed E-state index contributed by atoms with van der Waals surface area (Å²) in [6.45, 7) is 0. The summed E-state index contributed by atoms with van der Waals surface area (Å²) in [6, 6.07) is 5.97. The van der Waals surface area contributed by atoms with Gasteiger partial charge in [-0.25, -0.2) is 4.79 Å². The van der Waals surface area contributed by atoms with E-state index in [0.29, 0.717) is 10.7 Å². The van der Waals surface area contributed by atoms with E-state index in [-0.39, 0.29) is 5.88 Å². The standard InChI is InChI=1S/C9H9Cl2NO2/c10-5-8(9(13)14)12-7-3-1-6(11)2-4-7/h1-4,8,12H,5H2,(H,13,14). The molecule has 0 aliphatic rings. The Hall–Kier alpha value is -0.930. The molecule has 0 radical (unpaired) electrons. The molecule has 0 saturated carbocycles. The highest BCUT2D eigenvalue weighted by Gasteiger charge is 2.14. The van der Waals surface area contributed by atoms with Gasteiger partial charge in [-0.3, -0.25) is 0 Å². The third-order valence-corrected chi connectivity index (χ3v) is 2.20. The number of alkyl halides is 1. The molecule has 5 heteroatoms. The minimum absolute atomic E-state index is 0.0119. The normalized spacial score (nSPS) is 12.1. The van der Waals surface area contributed by atoms with Gasteiger partial charge in [-0.15, -0.1) is 11.6 Å². The van der Waals surface area contributed by atoms with Crippen molar-refractivity contribution in [3.05, 3.63) is 29.3 Å². The fourth-order valence-corrected chi connectivity index (χ4v) is 1.25. The molecule has 76 valence electrons. The number of carboxylic acids is 1. The van der Waals surface area contributed by atoms with Crippen LogP contribution >= 0.6 is 23.2 Å².